The molecule has 2 aromatic rings. The molecule has 2 aromatic carbocycles. The van der Waals surface area contributed by atoms with Crippen LogP contribution in [0.25, 0.3) is 12.2 Å². The fourth-order valence-corrected chi connectivity index (χ4v) is 3.89. The van der Waals surface area contributed by atoms with Gasteiger partial charge in [0.2, 0.25) is 0 Å². The normalized spacial score (nSPS) is 19.7. The van der Waals surface area contributed by atoms with E-state index in [0.29, 0.717) is 17.6 Å². The van der Waals surface area contributed by atoms with Crippen molar-refractivity contribution in [3.05, 3.63) is 82.9 Å². The molecule has 0 radical (unpaired) electrons. The first-order chi connectivity index (χ1) is 14.9. The molecule has 0 saturated carbocycles. The zero-order valence-electron chi connectivity index (χ0n) is 17.9. The average Bonchev–Trinajstić information content (AvgIpc) is 2.75. The first-order valence-electron chi connectivity index (χ1n) is 10.4. The first-order valence-corrected chi connectivity index (χ1v) is 10.4. The third-order valence-electron chi connectivity index (χ3n) is 5.13. The van der Waals surface area contributed by atoms with Gasteiger partial charge in [0, 0.05) is 43.4 Å². The molecule has 0 aliphatic carbocycles. The summed E-state index contributed by atoms with van der Waals surface area (Å²) >= 11 is 0. The van der Waals surface area contributed by atoms with Crippen LogP contribution in [0.4, 0.5) is 0 Å². The highest BCUT2D eigenvalue weighted by Crippen LogP contribution is 2.14. The number of ketones is 1. The van der Waals surface area contributed by atoms with Crippen LogP contribution in [-0.2, 0) is 11.3 Å². The number of nitrogens with one attached hydrogen (secondary N) is 2. The van der Waals surface area contributed by atoms with E-state index in [1.165, 1.54) is 6.08 Å². The van der Waals surface area contributed by atoms with Gasteiger partial charge in [0.25, 0.3) is 5.91 Å². The van der Waals surface area contributed by atoms with Crippen molar-refractivity contribution in [2.24, 2.45) is 0 Å². The summed E-state index contributed by atoms with van der Waals surface area (Å²) in [6.45, 7) is 7.20. The summed E-state index contributed by atoms with van der Waals surface area (Å²) < 4.78 is 0. The number of carbonyl (C=O) groups is 2. The Morgan fingerprint density at radius 2 is 1.68 bits per heavy atom. The Hall–Kier alpha value is -3.06. The Morgan fingerprint density at radius 3 is 2.35 bits per heavy atom. The molecular weight excluding hydrogens is 390 g/mol. The third kappa shape index (κ3) is 7.00. The van der Waals surface area contributed by atoms with E-state index in [-0.39, 0.29) is 5.78 Å². The zero-order valence-corrected chi connectivity index (χ0v) is 17.9. The molecule has 1 aliphatic rings. The molecule has 1 heterocycles. The van der Waals surface area contributed by atoms with Gasteiger partial charge in [-0.15, -0.1) is 0 Å². The van der Waals surface area contributed by atoms with Gasteiger partial charge in [-0.25, -0.2) is 5.48 Å². The molecule has 0 spiro atoms. The second-order valence-corrected chi connectivity index (χ2v) is 8.04. The molecule has 3 rings (SSSR count). The Kier molecular flexibility index (Phi) is 7.89. The molecule has 3 N–H and O–H groups in total. The molecule has 1 amide bonds. The number of hydrogen-bond acceptors (Lipinski definition) is 5. The van der Waals surface area contributed by atoms with Crippen molar-refractivity contribution in [3.63, 3.8) is 0 Å². The zero-order chi connectivity index (χ0) is 22.2. The van der Waals surface area contributed by atoms with Crippen molar-refractivity contribution < 1.29 is 14.8 Å². The van der Waals surface area contributed by atoms with Gasteiger partial charge < -0.3 is 5.32 Å². The number of hydrogen-bond donors (Lipinski definition) is 3. The fraction of sp³-hybridized carbons (Fsp3) is 0.280. The van der Waals surface area contributed by atoms with Gasteiger partial charge in [0.1, 0.15) is 0 Å². The van der Waals surface area contributed by atoms with Gasteiger partial charge in [-0.2, -0.15) is 0 Å². The van der Waals surface area contributed by atoms with Crippen molar-refractivity contribution >= 4 is 23.8 Å². The highest BCUT2D eigenvalue weighted by molar-refractivity contribution is 6.06. The molecule has 0 aromatic heterocycles. The second-order valence-electron chi connectivity index (χ2n) is 8.04. The van der Waals surface area contributed by atoms with E-state index in [0.717, 1.165) is 36.3 Å². The van der Waals surface area contributed by atoms with Crippen molar-refractivity contribution in [3.8, 4) is 0 Å². The summed E-state index contributed by atoms with van der Waals surface area (Å²) in [7, 11) is 0. The summed E-state index contributed by atoms with van der Waals surface area (Å²) in [4.78, 5) is 26.2. The summed E-state index contributed by atoms with van der Waals surface area (Å²) in [5.41, 5.74) is 4.99. The minimum Gasteiger partial charge on any atom is -0.309 e. The minimum absolute atomic E-state index is 0.0514. The monoisotopic (exact) mass is 419 g/mol. The molecule has 31 heavy (non-hydrogen) atoms. The van der Waals surface area contributed by atoms with Crippen LogP contribution < -0.4 is 10.8 Å². The fourth-order valence-electron chi connectivity index (χ4n) is 3.89. The lowest BCUT2D eigenvalue weighted by Crippen LogP contribution is -2.53. The van der Waals surface area contributed by atoms with E-state index >= 15 is 0 Å². The SMILES string of the molecule is C[C@@H]1CN(Cc2cccc(C(=O)C=Cc3cccc(C=CC(=O)NO)c3)c2)C[C@H](C)N1. The summed E-state index contributed by atoms with van der Waals surface area (Å²) in [6.07, 6.45) is 6.15. The van der Waals surface area contributed by atoms with E-state index in [1.807, 2.05) is 42.5 Å². The number of allylic oxidation sites excluding steroid dienone is 1. The molecule has 6 heteroatoms. The van der Waals surface area contributed by atoms with E-state index in [1.54, 1.807) is 23.7 Å². The predicted molar refractivity (Wildman–Crippen MR) is 123 cm³/mol. The summed E-state index contributed by atoms with van der Waals surface area (Å²) in [5.74, 6) is -0.648. The van der Waals surface area contributed by atoms with Crippen LogP contribution in [0.5, 0.6) is 0 Å². The minimum atomic E-state index is -0.597. The van der Waals surface area contributed by atoms with Crippen LogP contribution in [0.3, 0.4) is 0 Å². The maximum absolute atomic E-state index is 12.7. The highest BCUT2D eigenvalue weighted by Gasteiger charge is 2.20. The van der Waals surface area contributed by atoms with Crippen LogP contribution in [0.1, 0.15) is 40.9 Å². The highest BCUT2D eigenvalue weighted by atomic mass is 16.5. The number of hydroxylamine groups is 1. The number of piperazine rings is 1. The molecule has 2 atom stereocenters. The Morgan fingerprint density at radius 1 is 1.03 bits per heavy atom. The van der Waals surface area contributed by atoms with Crippen LogP contribution in [0.2, 0.25) is 0 Å². The lowest BCUT2D eigenvalue weighted by atomic mass is 10.0. The Labute approximate surface area is 183 Å². The van der Waals surface area contributed by atoms with Crippen LogP contribution >= 0.6 is 0 Å². The standard InChI is InChI=1S/C25H29N3O3/c1-18-15-28(16-19(2)26-18)17-22-7-4-8-23(14-22)24(29)11-9-20-5-3-6-21(13-20)10-12-25(30)27-31/h3-14,18-19,26,31H,15-17H2,1-2H3,(H,27,30)/t18-,19+. The molecule has 0 unspecified atom stereocenters. The topological polar surface area (TPSA) is 81.7 Å². The Bertz CT molecular complexity index is 973. The molecule has 1 aliphatic heterocycles. The number of rotatable bonds is 7. The van der Waals surface area contributed by atoms with Crippen LogP contribution in [0.15, 0.2) is 60.7 Å². The van der Waals surface area contributed by atoms with Crippen molar-refractivity contribution in [1.82, 2.24) is 15.7 Å². The third-order valence-corrected chi connectivity index (χ3v) is 5.13. The van der Waals surface area contributed by atoms with Gasteiger partial charge in [-0.05, 0) is 54.8 Å². The van der Waals surface area contributed by atoms with E-state index in [9.17, 15) is 9.59 Å². The largest absolute Gasteiger partial charge is 0.309 e. The smallest absolute Gasteiger partial charge is 0.267 e. The molecular formula is C25H29N3O3. The Balaban J connectivity index is 1.65. The molecule has 162 valence electrons. The van der Waals surface area contributed by atoms with E-state index in [4.69, 9.17) is 5.21 Å². The predicted octanol–water partition coefficient (Wildman–Crippen LogP) is 3.28. The molecule has 6 nitrogen and oxygen atoms in total. The maximum Gasteiger partial charge on any atom is 0.267 e. The summed E-state index contributed by atoms with van der Waals surface area (Å²) in [6, 6.07) is 16.1. The van der Waals surface area contributed by atoms with Crippen molar-refractivity contribution in [2.45, 2.75) is 32.5 Å². The number of amides is 1. The molecule has 1 saturated heterocycles. The molecule has 0 bridgehead atoms. The lowest BCUT2D eigenvalue weighted by Gasteiger charge is -2.36. The van der Waals surface area contributed by atoms with Gasteiger partial charge in [0.15, 0.2) is 5.78 Å². The van der Waals surface area contributed by atoms with Crippen molar-refractivity contribution in [2.75, 3.05) is 13.1 Å². The lowest BCUT2D eigenvalue weighted by molar-refractivity contribution is -0.124. The van der Waals surface area contributed by atoms with E-state index in [2.05, 4.69) is 30.1 Å². The molecule has 1 fully saturated rings. The quantitative estimate of drug-likeness (QED) is 0.278. The number of benzene rings is 2. The second kappa shape index (κ2) is 10.8. The summed E-state index contributed by atoms with van der Waals surface area (Å²) in [5, 5.41) is 12.1. The number of carbonyl (C=O) groups excluding carboxylic acids is 2. The van der Waals surface area contributed by atoms with Gasteiger partial charge >= 0.3 is 0 Å². The first kappa shape index (κ1) is 22.6. The van der Waals surface area contributed by atoms with Gasteiger partial charge in [0.05, 0.1) is 0 Å². The maximum atomic E-state index is 12.7. The van der Waals surface area contributed by atoms with E-state index < -0.39 is 5.91 Å². The average molecular weight is 420 g/mol. The number of nitrogens with zero attached hydrogens (tertiary/aromatic N) is 1. The van der Waals surface area contributed by atoms with Crippen LogP contribution in [-0.4, -0.2) is 47.0 Å². The van der Waals surface area contributed by atoms with Crippen LogP contribution in [0, 0.1) is 0 Å². The van der Waals surface area contributed by atoms with Crippen molar-refractivity contribution in [1.29, 1.82) is 0 Å². The van der Waals surface area contributed by atoms with Gasteiger partial charge in [-0.1, -0.05) is 42.5 Å². The van der Waals surface area contributed by atoms with Gasteiger partial charge in [-0.3, -0.25) is 19.7 Å².